The van der Waals surface area contributed by atoms with Crippen LogP contribution < -0.4 is 16.4 Å². The maximum absolute atomic E-state index is 12.5. The van der Waals surface area contributed by atoms with E-state index in [2.05, 4.69) is 15.6 Å². The number of aliphatic carboxylic acids is 1. The minimum Gasteiger partial charge on any atom is -0.480 e. The number of carboxylic acids is 1. The number of hydrogen-bond donors (Lipinski definition) is 6. The Balaban J connectivity index is 2.06. The topological polar surface area (TPSA) is 158 Å². The zero-order chi connectivity index (χ0) is 21.7. The lowest BCUT2D eigenvalue weighted by Crippen LogP contribution is -2.59. The van der Waals surface area contributed by atoms with Gasteiger partial charge in [-0.05, 0) is 30.9 Å². The van der Waals surface area contributed by atoms with Crippen molar-refractivity contribution in [3.63, 3.8) is 0 Å². The lowest BCUT2D eigenvalue weighted by atomic mass is 10.0. The van der Waals surface area contributed by atoms with E-state index in [1.165, 1.54) is 6.92 Å². The fourth-order valence-electron chi connectivity index (χ4n) is 3.05. The number of nitrogens with one attached hydrogen (secondary N) is 3. The van der Waals surface area contributed by atoms with Crippen LogP contribution in [-0.2, 0) is 20.8 Å². The molecule has 0 spiro atoms. The highest BCUT2D eigenvalue weighted by molar-refractivity contribution is 5.92. The lowest BCUT2D eigenvalue weighted by molar-refractivity contribution is -0.144. The first kappa shape index (κ1) is 22.4. The molecule has 0 saturated heterocycles. The predicted molar refractivity (Wildman–Crippen MR) is 108 cm³/mol. The van der Waals surface area contributed by atoms with Gasteiger partial charge in [-0.15, -0.1) is 0 Å². The van der Waals surface area contributed by atoms with E-state index in [4.69, 9.17) is 5.73 Å². The van der Waals surface area contributed by atoms with Gasteiger partial charge in [0.15, 0.2) is 0 Å². The molecule has 0 unspecified atom stereocenters. The van der Waals surface area contributed by atoms with E-state index < -0.39 is 42.0 Å². The number of nitrogens with two attached hydrogens (primary N) is 1. The van der Waals surface area contributed by atoms with Crippen LogP contribution in [0.15, 0.2) is 30.5 Å². The van der Waals surface area contributed by atoms with Crippen LogP contribution in [0.4, 0.5) is 0 Å². The highest BCUT2D eigenvalue weighted by Gasteiger charge is 2.32. The molecule has 0 aliphatic carbocycles. The zero-order valence-electron chi connectivity index (χ0n) is 16.7. The van der Waals surface area contributed by atoms with Gasteiger partial charge >= 0.3 is 5.97 Å². The number of benzene rings is 1. The highest BCUT2D eigenvalue weighted by Crippen LogP contribution is 2.18. The van der Waals surface area contributed by atoms with Crippen LogP contribution in [0, 0.1) is 5.92 Å². The third-order valence-electron chi connectivity index (χ3n) is 4.74. The van der Waals surface area contributed by atoms with Gasteiger partial charge in [-0.1, -0.05) is 32.0 Å². The van der Waals surface area contributed by atoms with E-state index in [-0.39, 0.29) is 12.3 Å². The first-order valence-corrected chi connectivity index (χ1v) is 9.44. The Morgan fingerprint density at radius 3 is 2.28 bits per heavy atom. The summed E-state index contributed by atoms with van der Waals surface area (Å²) in [5, 5.41) is 24.9. The molecule has 7 N–H and O–H groups in total. The molecule has 0 saturated carbocycles. The van der Waals surface area contributed by atoms with E-state index in [9.17, 15) is 24.6 Å². The van der Waals surface area contributed by atoms with Gasteiger partial charge in [-0.25, -0.2) is 4.79 Å². The Kier molecular flexibility index (Phi) is 7.35. The molecule has 2 rings (SSSR count). The second kappa shape index (κ2) is 9.53. The van der Waals surface area contributed by atoms with Crippen molar-refractivity contribution in [1.29, 1.82) is 0 Å². The second-order valence-corrected chi connectivity index (χ2v) is 7.47. The summed E-state index contributed by atoms with van der Waals surface area (Å²) < 4.78 is 0. The molecule has 9 nitrogen and oxygen atoms in total. The van der Waals surface area contributed by atoms with Crippen LogP contribution in [0.25, 0.3) is 10.9 Å². The van der Waals surface area contributed by atoms with E-state index in [0.29, 0.717) is 0 Å². The van der Waals surface area contributed by atoms with Crippen LogP contribution in [0.3, 0.4) is 0 Å². The lowest BCUT2D eigenvalue weighted by Gasteiger charge is -2.25. The monoisotopic (exact) mass is 404 g/mol. The Labute approximate surface area is 168 Å². The number of rotatable bonds is 9. The first-order chi connectivity index (χ1) is 13.6. The number of H-pyrrole nitrogens is 1. The minimum absolute atomic E-state index is 0.230. The number of aliphatic hydroxyl groups excluding tert-OH is 1. The Morgan fingerprint density at radius 1 is 1.07 bits per heavy atom. The molecule has 1 aromatic carbocycles. The fourth-order valence-corrected chi connectivity index (χ4v) is 3.05. The third-order valence-corrected chi connectivity index (χ3v) is 4.74. The quantitative estimate of drug-likeness (QED) is 0.349. The Morgan fingerprint density at radius 2 is 1.69 bits per heavy atom. The van der Waals surface area contributed by atoms with Crippen molar-refractivity contribution in [3.05, 3.63) is 36.0 Å². The van der Waals surface area contributed by atoms with Crippen LogP contribution in [-0.4, -0.2) is 57.2 Å². The van der Waals surface area contributed by atoms with Crippen molar-refractivity contribution in [1.82, 2.24) is 15.6 Å². The van der Waals surface area contributed by atoms with Crippen LogP contribution >= 0.6 is 0 Å². The molecule has 0 fully saturated rings. The minimum atomic E-state index is -1.32. The number of hydrogen-bond acceptors (Lipinski definition) is 5. The van der Waals surface area contributed by atoms with Gasteiger partial charge < -0.3 is 31.6 Å². The van der Waals surface area contributed by atoms with Crippen molar-refractivity contribution in [2.24, 2.45) is 11.7 Å². The largest absolute Gasteiger partial charge is 0.480 e. The molecule has 1 heterocycles. The predicted octanol–water partition coefficient (Wildman–Crippen LogP) is 0.129. The number of aliphatic hydroxyl groups is 1. The Bertz CT molecular complexity index is 877. The number of aromatic amines is 1. The average Bonchev–Trinajstić information content (AvgIpc) is 3.05. The average molecular weight is 404 g/mol. The van der Waals surface area contributed by atoms with Gasteiger partial charge in [0.1, 0.15) is 12.1 Å². The van der Waals surface area contributed by atoms with Crippen molar-refractivity contribution in [2.45, 2.75) is 51.4 Å². The van der Waals surface area contributed by atoms with Crippen molar-refractivity contribution < 1.29 is 24.6 Å². The molecule has 0 bridgehead atoms. The summed E-state index contributed by atoms with van der Waals surface area (Å²) in [4.78, 5) is 39.4. The SMILES string of the molecule is CC(C)[C@H](NC(=O)[C@@H](NC(=O)[C@@H](N)Cc1c[nH]c2ccccc12)[C@@H](C)O)C(=O)O. The standard InChI is InChI=1S/C20H28N4O5/c1-10(2)16(20(28)29)23-19(27)17(11(3)25)24-18(26)14(21)8-12-9-22-15-7-5-4-6-13(12)15/h4-7,9-11,14,16-17,22,25H,8,21H2,1-3H3,(H,23,27)(H,24,26)(H,28,29)/t11-,14+,16+,17+/m1/s1. The van der Waals surface area contributed by atoms with E-state index in [0.717, 1.165) is 16.5 Å². The molecule has 2 aromatic rings. The third kappa shape index (κ3) is 5.55. The molecule has 0 aliphatic heterocycles. The molecule has 4 atom stereocenters. The van der Waals surface area contributed by atoms with Gasteiger partial charge in [0.05, 0.1) is 12.1 Å². The van der Waals surface area contributed by atoms with Crippen molar-refractivity contribution >= 4 is 28.7 Å². The summed E-state index contributed by atoms with van der Waals surface area (Å²) in [5.74, 6) is -2.97. The molecule has 2 amide bonds. The summed E-state index contributed by atoms with van der Waals surface area (Å²) in [5.41, 5.74) is 7.79. The number of aromatic nitrogens is 1. The van der Waals surface area contributed by atoms with E-state index >= 15 is 0 Å². The van der Waals surface area contributed by atoms with Gasteiger partial charge in [0.2, 0.25) is 11.8 Å². The smallest absolute Gasteiger partial charge is 0.326 e. The second-order valence-electron chi connectivity index (χ2n) is 7.47. The molecular formula is C20H28N4O5. The summed E-state index contributed by atoms with van der Waals surface area (Å²) in [7, 11) is 0. The Hall–Kier alpha value is -2.91. The summed E-state index contributed by atoms with van der Waals surface area (Å²) >= 11 is 0. The molecule has 158 valence electrons. The summed E-state index contributed by atoms with van der Waals surface area (Å²) in [6, 6.07) is 4.18. The zero-order valence-corrected chi connectivity index (χ0v) is 16.7. The molecule has 0 radical (unpaired) electrons. The van der Waals surface area contributed by atoms with E-state index in [1.807, 2.05) is 24.3 Å². The van der Waals surface area contributed by atoms with Crippen LogP contribution in [0.2, 0.25) is 0 Å². The fraction of sp³-hybridized carbons (Fsp3) is 0.450. The summed E-state index contributed by atoms with van der Waals surface area (Å²) in [6.45, 7) is 4.62. The summed E-state index contributed by atoms with van der Waals surface area (Å²) in [6.07, 6.45) is 0.769. The highest BCUT2D eigenvalue weighted by atomic mass is 16.4. The molecule has 1 aromatic heterocycles. The van der Waals surface area contributed by atoms with E-state index in [1.54, 1.807) is 20.0 Å². The normalized spacial score (nSPS) is 15.5. The number of para-hydroxylation sites is 1. The number of carbonyl (C=O) groups excluding carboxylic acids is 2. The van der Waals surface area contributed by atoms with Gasteiger partial charge in [-0.2, -0.15) is 0 Å². The van der Waals surface area contributed by atoms with Gasteiger partial charge in [-0.3, -0.25) is 9.59 Å². The van der Waals surface area contributed by atoms with Crippen LogP contribution in [0.5, 0.6) is 0 Å². The first-order valence-electron chi connectivity index (χ1n) is 9.44. The number of carbonyl (C=O) groups is 3. The van der Waals surface area contributed by atoms with Crippen LogP contribution in [0.1, 0.15) is 26.3 Å². The number of amides is 2. The molecule has 29 heavy (non-hydrogen) atoms. The number of carboxylic acid groups (broad SMARTS) is 1. The molecular weight excluding hydrogens is 376 g/mol. The maximum atomic E-state index is 12.5. The van der Waals surface area contributed by atoms with Crippen molar-refractivity contribution in [3.8, 4) is 0 Å². The van der Waals surface area contributed by atoms with Gasteiger partial charge in [0, 0.05) is 17.1 Å². The van der Waals surface area contributed by atoms with Gasteiger partial charge in [0.25, 0.3) is 0 Å². The molecule has 9 heteroatoms. The van der Waals surface area contributed by atoms with Crippen molar-refractivity contribution in [2.75, 3.05) is 0 Å². The maximum Gasteiger partial charge on any atom is 0.326 e. The number of fused-ring (bicyclic) bond motifs is 1. The molecule has 0 aliphatic rings.